The van der Waals surface area contributed by atoms with Crippen LogP contribution in [0, 0.1) is 11.3 Å². The monoisotopic (exact) mass is 269 g/mol. The van der Waals surface area contributed by atoms with Crippen LogP contribution in [0.2, 0.25) is 0 Å². The number of thiophene rings is 1. The minimum absolute atomic E-state index is 0.644. The second-order valence-electron chi connectivity index (χ2n) is 4.16. The van der Waals surface area contributed by atoms with Gasteiger partial charge >= 0.3 is 0 Å². The first-order valence-corrected chi connectivity index (χ1v) is 6.60. The molecule has 0 radical (unpaired) electrons. The lowest BCUT2D eigenvalue weighted by atomic mass is 10.2. The number of hydrogen-bond acceptors (Lipinski definition) is 4. The number of aryl methyl sites for hydroxylation is 1. The van der Waals surface area contributed by atoms with Crippen LogP contribution < -0.4 is 4.74 Å². The molecule has 19 heavy (non-hydrogen) atoms. The summed E-state index contributed by atoms with van der Waals surface area (Å²) in [6, 6.07) is 9.64. The molecule has 0 saturated carbocycles. The van der Waals surface area contributed by atoms with E-state index >= 15 is 0 Å². The van der Waals surface area contributed by atoms with Crippen molar-refractivity contribution in [1.82, 2.24) is 9.55 Å². The third-order valence-electron chi connectivity index (χ3n) is 3.04. The predicted octanol–water partition coefficient (Wildman–Crippen LogP) is 3.18. The van der Waals surface area contributed by atoms with Crippen molar-refractivity contribution in [2.75, 3.05) is 7.11 Å². The SMILES string of the molecule is COc1csc(-c2nc3ccc(C#N)cc3n2C)c1. The molecule has 0 atom stereocenters. The molecular weight excluding hydrogens is 258 g/mol. The molecule has 0 aliphatic rings. The Morgan fingerprint density at radius 3 is 2.89 bits per heavy atom. The molecular formula is C14H11N3OS. The minimum atomic E-state index is 0.644. The second-order valence-corrected chi connectivity index (χ2v) is 5.07. The quantitative estimate of drug-likeness (QED) is 0.718. The molecule has 0 bridgehead atoms. The Morgan fingerprint density at radius 1 is 1.37 bits per heavy atom. The van der Waals surface area contributed by atoms with Crippen LogP contribution >= 0.6 is 11.3 Å². The third kappa shape index (κ3) is 1.86. The highest BCUT2D eigenvalue weighted by atomic mass is 32.1. The van der Waals surface area contributed by atoms with Gasteiger partial charge in [0.05, 0.1) is 34.7 Å². The summed E-state index contributed by atoms with van der Waals surface area (Å²) in [4.78, 5) is 5.66. The molecule has 5 heteroatoms. The van der Waals surface area contributed by atoms with E-state index < -0.39 is 0 Å². The van der Waals surface area contributed by atoms with E-state index in [0.29, 0.717) is 5.56 Å². The number of nitriles is 1. The first-order chi connectivity index (χ1) is 9.22. The van der Waals surface area contributed by atoms with E-state index in [1.54, 1.807) is 24.5 Å². The van der Waals surface area contributed by atoms with Crippen LogP contribution in [0.25, 0.3) is 21.7 Å². The van der Waals surface area contributed by atoms with Crippen molar-refractivity contribution in [3.8, 4) is 22.5 Å². The molecule has 3 rings (SSSR count). The van der Waals surface area contributed by atoms with Crippen LogP contribution in [0.3, 0.4) is 0 Å². The van der Waals surface area contributed by atoms with Crippen LogP contribution in [0.1, 0.15) is 5.56 Å². The molecule has 0 aliphatic carbocycles. The predicted molar refractivity (Wildman–Crippen MR) is 75.3 cm³/mol. The van der Waals surface area contributed by atoms with Gasteiger partial charge < -0.3 is 9.30 Å². The smallest absolute Gasteiger partial charge is 0.151 e. The molecule has 2 heterocycles. The molecule has 4 nitrogen and oxygen atoms in total. The summed E-state index contributed by atoms with van der Waals surface area (Å²) in [5.74, 6) is 1.73. The zero-order valence-corrected chi connectivity index (χ0v) is 11.4. The molecule has 0 fully saturated rings. The summed E-state index contributed by atoms with van der Waals surface area (Å²) >= 11 is 1.59. The number of aromatic nitrogens is 2. The molecule has 2 aromatic heterocycles. The average molecular weight is 269 g/mol. The molecule has 0 unspecified atom stereocenters. The van der Waals surface area contributed by atoms with Crippen LogP contribution in [-0.2, 0) is 7.05 Å². The van der Waals surface area contributed by atoms with Gasteiger partial charge in [0.2, 0.25) is 0 Å². The summed E-state index contributed by atoms with van der Waals surface area (Å²) in [5, 5.41) is 10.9. The lowest BCUT2D eigenvalue weighted by Crippen LogP contribution is -1.90. The standard InChI is InChI=1S/C14H11N3OS/c1-17-12-5-9(7-15)3-4-11(12)16-14(17)13-6-10(18-2)8-19-13/h3-6,8H,1-2H3. The third-order valence-corrected chi connectivity index (χ3v) is 3.95. The van der Waals surface area contributed by atoms with Gasteiger partial charge in [-0.15, -0.1) is 11.3 Å². The molecule has 3 aromatic rings. The number of imidazole rings is 1. The van der Waals surface area contributed by atoms with Crippen molar-refractivity contribution in [3.05, 3.63) is 35.2 Å². The van der Waals surface area contributed by atoms with Crippen molar-refractivity contribution in [2.24, 2.45) is 7.05 Å². The topological polar surface area (TPSA) is 50.8 Å². The largest absolute Gasteiger partial charge is 0.496 e. The lowest BCUT2D eigenvalue weighted by molar-refractivity contribution is 0.417. The summed E-state index contributed by atoms with van der Waals surface area (Å²) in [6.07, 6.45) is 0. The van der Waals surface area contributed by atoms with Gasteiger partial charge in [-0.25, -0.2) is 4.98 Å². The zero-order valence-electron chi connectivity index (χ0n) is 10.5. The molecule has 0 aliphatic heterocycles. The fourth-order valence-corrected chi connectivity index (χ4v) is 2.90. The maximum absolute atomic E-state index is 8.95. The highest BCUT2D eigenvalue weighted by molar-refractivity contribution is 7.13. The van der Waals surface area contributed by atoms with E-state index in [4.69, 9.17) is 10.00 Å². The summed E-state index contributed by atoms with van der Waals surface area (Å²) in [5.41, 5.74) is 2.50. The van der Waals surface area contributed by atoms with E-state index in [2.05, 4.69) is 11.1 Å². The van der Waals surface area contributed by atoms with Crippen molar-refractivity contribution in [2.45, 2.75) is 0 Å². The first kappa shape index (κ1) is 11.8. The van der Waals surface area contributed by atoms with Gasteiger partial charge in [-0.1, -0.05) is 0 Å². The number of methoxy groups -OCH3 is 1. The van der Waals surface area contributed by atoms with Crippen LogP contribution in [0.4, 0.5) is 0 Å². The molecule has 1 aromatic carbocycles. The van der Waals surface area contributed by atoms with Gasteiger partial charge in [0.1, 0.15) is 5.75 Å². The van der Waals surface area contributed by atoms with Gasteiger partial charge in [-0.05, 0) is 18.2 Å². The summed E-state index contributed by atoms with van der Waals surface area (Å²) in [6.45, 7) is 0. The fourth-order valence-electron chi connectivity index (χ4n) is 2.02. The van der Waals surface area contributed by atoms with Gasteiger partial charge in [-0.3, -0.25) is 0 Å². The first-order valence-electron chi connectivity index (χ1n) is 5.72. The maximum atomic E-state index is 8.95. The number of hydrogen-bond donors (Lipinski definition) is 0. The lowest BCUT2D eigenvalue weighted by Gasteiger charge is -1.99. The van der Waals surface area contributed by atoms with Gasteiger partial charge in [0, 0.05) is 18.5 Å². The van der Waals surface area contributed by atoms with E-state index in [-0.39, 0.29) is 0 Å². The van der Waals surface area contributed by atoms with E-state index in [0.717, 1.165) is 27.5 Å². The highest BCUT2D eigenvalue weighted by Gasteiger charge is 2.12. The van der Waals surface area contributed by atoms with Crippen LogP contribution in [-0.4, -0.2) is 16.7 Å². The van der Waals surface area contributed by atoms with Crippen LogP contribution in [0.5, 0.6) is 5.75 Å². The van der Waals surface area contributed by atoms with E-state index in [1.807, 2.05) is 35.2 Å². The van der Waals surface area contributed by atoms with Gasteiger partial charge in [-0.2, -0.15) is 5.26 Å². The molecule has 0 spiro atoms. The average Bonchev–Trinajstić information content (AvgIpc) is 3.03. The Kier molecular flexibility index (Phi) is 2.73. The number of nitrogens with zero attached hydrogens (tertiary/aromatic N) is 3. The summed E-state index contributed by atoms with van der Waals surface area (Å²) in [7, 11) is 3.61. The fraction of sp³-hybridized carbons (Fsp3) is 0.143. The Labute approximate surface area is 114 Å². The van der Waals surface area contributed by atoms with E-state index in [1.165, 1.54) is 0 Å². The second kappa shape index (κ2) is 4.41. The Balaban J connectivity index is 2.19. The highest BCUT2D eigenvalue weighted by Crippen LogP contribution is 2.32. The van der Waals surface area contributed by atoms with E-state index in [9.17, 15) is 0 Å². The minimum Gasteiger partial charge on any atom is -0.496 e. The molecule has 0 saturated heterocycles. The van der Waals surface area contributed by atoms with Crippen molar-refractivity contribution in [3.63, 3.8) is 0 Å². The van der Waals surface area contributed by atoms with Crippen molar-refractivity contribution in [1.29, 1.82) is 5.26 Å². The molecule has 94 valence electrons. The van der Waals surface area contributed by atoms with Crippen LogP contribution in [0.15, 0.2) is 29.6 Å². The van der Waals surface area contributed by atoms with Crippen molar-refractivity contribution >= 4 is 22.4 Å². The Morgan fingerprint density at radius 2 is 2.21 bits per heavy atom. The number of benzene rings is 1. The summed E-state index contributed by atoms with van der Waals surface area (Å²) < 4.78 is 7.20. The Hall–Kier alpha value is -2.32. The Bertz CT molecular complexity index is 795. The number of ether oxygens (including phenoxy) is 1. The number of fused-ring (bicyclic) bond motifs is 1. The van der Waals surface area contributed by atoms with Gasteiger partial charge in [0.15, 0.2) is 5.82 Å². The zero-order chi connectivity index (χ0) is 13.4. The number of rotatable bonds is 2. The molecule has 0 amide bonds. The maximum Gasteiger partial charge on any atom is 0.151 e. The molecule has 0 N–H and O–H groups in total. The van der Waals surface area contributed by atoms with Gasteiger partial charge in [0.25, 0.3) is 0 Å². The normalized spacial score (nSPS) is 10.6. The van der Waals surface area contributed by atoms with Crippen molar-refractivity contribution < 1.29 is 4.74 Å².